The molecule has 2 aromatic rings. The SMILES string of the molecule is COc1ccc(C)cc1NC(=O)CN(c1cc(Cl)c(Cl)cc1Cl)S(C)(=O)=O. The molecule has 0 radical (unpaired) electrons. The highest BCUT2D eigenvalue weighted by molar-refractivity contribution is 7.92. The average Bonchev–Trinajstić information content (AvgIpc) is 2.55. The number of aryl methyl sites for hydroxylation is 1. The van der Waals surface area contributed by atoms with E-state index in [4.69, 9.17) is 39.5 Å². The summed E-state index contributed by atoms with van der Waals surface area (Å²) in [4.78, 5) is 12.5. The molecule has 0 spiro atoms. The molecule has 10 heteroatoms. The van der Waals surface area contributed by atoms with Gasteiger partial charge in [-0.15, -0.1) is 0 Å². The molecular weight excluding hydrogens is 435 g/mol. The summed E-state index contributed by atoms with van der Waals surface area (Å²) >= 11 is 18.0. The maximum Gasteiger partial charge on any atom is 0.245 e. The maximum absolute atomic E-state index is 12.5. The lowest BCUT2D eigenvalue weighted by molar-refractivity contribution is -0.114. The van der Waals surface area contributed by atoms with E-state index >= 15 is 0 Å². The van der Waals surface area contributed by atoms with Crippen molar-refractivity contribution >= 4 is 62.1 Å². The van der Waals surface area contributed by atoms with Crippen molar-refractivity contribution in [2.24, 2.45) is 0 Å². The Kier molecular flexibility index (Phi) is 6.86. The fourth-order valence-corrected chi connectivity index (χ4v) is 3.88. The fraction of sp³-hybridized carbons (Fsp3) is 0.235. The summed E-state index contributed by atoms with van der Waals surface area (Å²) in [6, 6.07) is 7.86. The topological polar surface area (TPSA) is 75.7 Å². The lowest BCUT2D eigenvalue weighted by Crippen LogP contribution is -2.37. The van der Waals surface area contributed by atoms with Crippen LogP contribution in [0.2, 0.25) is 15.1 Å². The monoisotopic (exact) mass is 450 g/mol. The number of nitrogens with zero attached hydrogens (tertiary/aromatic N) is 1. The number of benzene rings is 2. The predicted octanol–water partition coefficient (Wildman–Crippen LogP) is 4.37. The van der Waals surface area contributed by atoms with Gasteiger partial charge in [-0.3, -0.25) is 9.10 Å². The maximum atomic E-state index is 12.5. The normalized spacial score (nSPS) is 11.2. The average molecular weight is 452 g/mol. The molecule has 2 rings (SSSR count). The van der Waals surface area contributed by atoms with Gasteiger partial charge in [-0.1, -0.05) is 40.9 Å². The molecule has 6 nitrogen and oxygen atoms in total. The summed E-state index contributed by atoms with van der Waals surface area (Å²) < 4.78 is 30.5. The molecule has 27 heavy (non-hydrogen) atoms. The number of halogens is 3. The highest BCUT2D eigenvalue weighted by atomic mass is 35.5. The van der Waals surface area contributed by atoms with Crippen LogP contribution in [0.3, 0.4) is 0 Å². The number of sulfonamides is 1. The second-order valence-electron chi connectivity index (χ2n) is 5.74. The molecule has 0 saturated heterocycles. The second kappa shape index (κ2) is 8.56. The number of carbonyl (C=O) groups excluding carboxylic acids is 1. The Morgan fingerprint density at radius 3 is 2.33 bits per heavy atom. The van der Waals surface area contributed by atoms with E-state index in [-0.39, 0.29) is 20.8 Å². The Hall–Kier alpha value is -1.67. The van der Waals surface area contributed by atoms with Crippen LogP contribution in [0, 0.1) is 6.92 Å². The fourth-order valence-electron chi connectivity index (χ4n) is 2.32. The third kappa shape index (κ3) is 5.42. The van der Waals surface area contributed by atoms with Crippen molar-refractivity contribution in [3.8, 4) is 5.75 Å². The molecule has 0 aliphatic rings. The third-order valence-corrected chi connectivity index (χ3v) is 5.73. The number of rotatable bonds is 6. The number of methoxy groups -OCH3 is 1. The van der Waals surface area contributed by atoms with Gasteiger partial charge in [-0.25, -0.2) is 8.42 Å². The van der Waals surface area contributed by atoms with Gasteiger partial charge in [0, 0.05) is 0 Å². The number of anilines is 2. The molecule has 0 aliphatic heterocycles. The van der Waals surface area contributed by atoms with Crippen LogP contribution in [-0.2, 0) is 14.8 Å². The molecule has 0 bridgehead atoms. The van der Waals surface area contributed by atoms with E-state index in [1.807, 2.05) is 13.0 Å². The summed E-state index contributed by atoms with van der Waals surface area (Å²) in [7, 11) is -2.36. The molecule has 0 atom stereocenters. The van der Waals surface area contributed by atoms with Gasteiger partial charge in [0.25, 0.3) is 0 Å². The molecule has 146 valence electrons. The third-order valence-electron chi connectivity index (χ3n) is 3.58. The van der Waals surface area contributed by atoms with Crippen molar-refractivity contribution in [1.29, 1.82) is 0 Å². The van der Waals surface area contributed by atoms with Crippen LogP contribution in [0.25, 0.3) is 0 Å². The number of carbonyl (C=O) groups is 1. The summed E-state index contributed by atoms with van der Waals surface area (Å²) in [6.45, 7) is 1.35. The number of hydrogen-bond acceptors (Lipinski definition) is 4. The van der Waals surface area contributed by atoms with Gasteiger partial charge in [-0.2, -0.15) is 0 Å². The van der Waals surface area contributed by atoms with E-state index in [9.17, 15) is 13.2 Å². The van der Waals surface area contributed by atoms with Crippen molar-refractivity contribution in [1.82, 2.24) is 0 Å². The molecule has 0 aliphatic carbocycles. The molecule has 1 N–H and O–H groups in total. The zero-order valence-electron chi connectivity index (χ0n) is 14.7. The van der Waals surface area contributed by atoms with E-state index in [0.29, 0.717) is 11.4 Å². The molecule has 0 saturated carbocycles. The van der Waals surface area contributed by atoms with Gasteiger partial charge < -0.3 is 10.1 Å². The van der Waals surface area contributed by atoms with Gasteiger partial charge in [0.2, 0.25) is 15.9 Å². The van der Waals surface area contributed by atoms with Crippen molar-refractivity contribution in [2.45, 2.75) is 6.92 Å². The first kappa shape index (κ1) is 21.6. The number of nitrogens with one attached hydrogen (secondary N) is 1. The van der Waals surface area contributed by atoms with E-state index < -0.39 is 22.5 Å². The minimum absolute atomic E-state index is 0.0516. The quantitative estimate of drug-likeness (QED) is 0.662. The Morgan fingerprint density at radius 2 is 1.74 bits per heavy atom. The number of hydrogen-bond donors (Lipinski definition) is 1. The Labute approximate surface area is 173 Å². The molecule has 0 fully saturated rings. The lowest BCUT2D eigenvalue weighted by Gasteiger charge is -2.23. The Balaban J connectivity index is 2.34. The summed E-state index contributed by atoms with van der Waals surface area (Å²) in [5, 5.41) is 2.99. The van der Waals surface area contributed by atoms with E-state index in [0.717, 1.165) is 16.1 Å². The van der Waals surface area contributed by atoms with Crippen LogP contribution in [-0.4, -0.2) is 34.2 Å². The summed E-state index contributed by atoms with van der Waals surface area (Å²) in [5.41, 5.74) is 1.38. The Bertz CT molecular complexity index is 980. The molecule has 0 unspecified atom stereocenters. The van der Waals surface area contributed by atoms with Gasteiger partial charge >= 0.3 is 0 Å². The minimum Gasteiger partial charge on any atom is -0.495 e. The largest absolute Gasteiger partial charge is 0.495 e. The number of ether oxygens (including phenoxy) is 1. The first-order chi connectivity index (χ1) is 12.5. The Morgan fingerprint density at radius 1 is 1.11 bits per heavy atom. The van der Waals surface area contributed by atoms with Crippen LogP contribution in [0.15, 0.2) is 30.3 Å². The van der Waals surface area contributed by atoms with Crippen LogP contribution in [0.4, 0.5) is 11.4 Å². The number of amides is 1. The molecule has 1 amide bonds. The summed E-state index contributed by atoms with van der Waals surface area (Å²) in [5.74, 6) is -0.126. The molecular formula is C17H17Cl3N2O4S. The van der Waals surface area contributed by atoms with Gasteiger partial charge in [-0.05, 0) is 36.8 Å². The minimum atomic E-state index is -3.83. The van der Waals surface area contributed by atoms with Crippen LogP contribution in [0.5, 0.6) is 5.75 Å². The first-order valence-corrected chi connectivity index (χ1v) is 10.6. The molecule has 0 heterocycles. The van der Waals surface area contributed by atoms with Crippen LogP contribution < -0.4 is 14.4 Å². The van der Waals surface area contributed by atoms with Gasteiger partial charge in [0.15, 0.2) is 0 Å². The smallest absolute Gasteiger partial charge is 0.245 e. The van der Waals surface area contributed by atoms with E-state index in [2.05, 4.69) is 5.32 Å². The zero-order chi connectivity index (χ0) is 20.4. The van der Waals surface area contributed by atoms with E-state index in [1.165, 1.54) is 19.2 Å². The van der Waals surface area contributed by atoms with Gasteiger partial charge in [0.1, 0.15) is 12.3 Å². The highest BCUT2D eigenvalue weighted by Gasteiger charge is 2.24. The molecule has 0 aromatic heterocycles. The zero-order valence-corrected chi connectivity index (χ0v) is 17.8. The lowest BCUT2D eigenvalue weighted by atomic mass is 10.2. The highest BCUT2D eigenvalue weighted by Crippen LogP contribution is 2.35. The second-order valence-corrected chi connectivity index (χ2v) is 8.87. The predicted molar refractivity (Wildman–Crippen MR) is 110 cm³/mol. The van der Waals surface area contributed by atoms with Crippen molar-refractivity contribution in [2.75, 3.05) is 29.5 Å². The summed E-state index contributed by atoms with van der Waals surface area (Å²) in [6.07, 6.45) is 0.965. The first-order valence-electron chi connectivity index (χ1n) is 7.59. The standard InChI is InChI=1S/C17H17Cl3N2O4S/c1-10-4-5-16(26-2)14(6-10)21-17(23)9-22(27(3,24)25)15-8-12(19)11(18)7-13(15)20/h4-8H,9H2,1-3H3,(H,21,23). The molecule has 2 aromatic carbocycles. The van der Waals surface area contributed by atoms with Crippen molar-refractivity contribution in [3.63, 3.8) is 0 Å². The van der Waals surface area contributed by atoms with Crippen molar-refractivity contribution < 1.29 is 17.9 Å². The van der Waals surface area contributed by atoms with E-state index in [1.54, 1.807) is 12.1 Å². The van der Waals surface area contributed by atoms with Crippen LogP contribution in [0.1, 0.15) is 5.56 Å². The van der Waals surface area contributed by atoms with Gasteiger partial charge in [0.05, 0.1) is 39.8 Å². The van der Waals surface area contributed by atoms with Crippen molar-refractivity contribution in [3.05, 3.63) is 51.0 Å². The van der Waals surface area contributed by atoms with Crippen LogP contribution >= 0.6 is 34.8 Å².